The highest BCUT2D eigenvalue weighted by Crippen LogP contribution is 2.42. The Balaban J connectivity index is 1.79. The number of amides is 2. The number of nitrogens with zero attached hydrogens (tertiary/aromatic N) is 2. The fourth-order valence-corrected chi connectivity index (χ4v) is 5.11. The van der Waals surface area contributed by atoms with E-state index in [0.717, 1.165) is 14.8 Å². The van der Waals surface area contributed by atoms with Crippen LogP contribution < -0.4 is 0 Å². The third-order valence-corrected chi connectivity index (χ3v) is 6.47. The van der Waals surface area contributed by atoms with E-state index in [0.29, 0.717) is 5.57 Å². The third-order valence-electron chi connectivity index (χ3n) is 4.27. The highest BCUT2D eigenvalue weighted by Gasteiger charge is 2.57. The minimum absolute atomic E-state index is 0.0893. The van der Waals surface area contributed by atoms with Gasteiger partial charge < -0.3 is 9.84 Å². The first-order valence-corrected chi connectivity index (χ1v) is 10.2. The van der Waals surface area contributed by atoms with Gasteiger partial charge in [-0.05, 0) is 11.4 Å². The molecule has 1 aromatic rings. The maximum Gasteiger partial charge on any atom is 0.352 e. The first-order chi connectivity index (χ1) is 13.3. The van der Waals surface area contributed by atoms with Gasteiger partial charge in [-0.2, -0.15) is 0 Å². The Kier molecular flexibility index (Phi) is 6.06. The number of hydrogen-bond acceptors (Lipinski definition) is 8. The number of fused-ring (bicyclic) bond motifs is 1. The van der Waals surface area contributed by atoms with Crippen molar-refractivity contribution in [3.63, 3.8) is 0 Å². The molecule has 2 aliphatic heterocycles. The number of β-lactam (4-membered cyclic amide) rings is 1. The van der Waals surface area contributed by atoms with Crippen LogP contribution in [0.4, 0.5) is 0 Å². The van der Waals surface area contributed by atoms with E-state index >= 15 is 0 Å². The molecule has 0 radical (unpaired) electrons. The molecule has 9 nitrogen and oxygen atoms in total. The van der Waals surface area contributed by atoms with Crippen LogP contribution in [0.25, 0.3) is 0 Å². The molecular weight excluding hydrogens is 408 g/mol. The van der Waals surface area contributed by atoms with Crippen molar-refractivity contribution in [1.29, 1.82) is 0 Å². The molecule has 11 heteroatoms. The van der Waals surface area contributed by atoms with Crippen LogP contribution in [-0.2, 0) is 35.2 Å². The van der Waals surface area contributed by atoms with Gasteiger partial charge in [0, 0.05) is 23.1 Å². The fourth-order valence-electron chi connectivity index (χ4n) is 3.06. The summed E-state index contributed by atoms with van der Waals surface area (Å²) in [6.45, 7) is 1.02. The number of rotatable bonds is 7. The van der Waals surface area contributed by atoms with Crippen LogP contribution in [0, 0.1) is 0 Å². The van der Waals surface area contributed by atoms with Crippen LogP contribution in [0.3, 0.4) is 0 Å². The highest BCUT2D eigenvalue weighted by atomic mass is 32.2. The summed E-state index contributed by atoms with van der Waals surface area (Å²) in [5, 5.41) is 11.9. The van der Waals surface area contributed by atoms with Gasteiger partial charge in [0.05, 0.1) is 13.5 Å². The molecule has 3 rings (SSSR count). The first-order valence-electron chi connectivity index (χ1n) is 8.27. The first kappa shape index (κ1) is 20.4. The average molecular weight is 426 g/mol. The van der Waals surface area contributed by atoms with E-state index in [1.54, 1.807) is 0 Å². The third kappa shape index (κ3) is 3.77. The number of esters is 1. The Hall–Kier alpha value is -2.37. The van der Waals surface area contributed by atoms with Crippen molar-refractivity contribution in [3.05, 3.63) is 33.7 Å². The summed E-state index contributed by atoms with van der Waals surface area (Å²) in [4.78, 5) is 55.2. The normalized spacial score (nSPS) is 21.1. The summed E-state index contributed by atoms with van der Waals surface area (Å²) in [6.07, 6.45) is 0.0893. The number of carboxylic acids is 1. The Morgan fingerprint density at radius 2 is 2.14 bits per heavy atom. The van der Waals surface area contributed by atoms with Gasteiger partial charge in [0.25, 0.3) is 11.8 Å². The van der Waals surface area contributed by atoms with Crippen molar-refractivity contribution in [2.75, 3.05) is 19.5 Å². The molecule has 150 valence electrons. The highest BCUT2D eigenvalue weighted by molar-refractivity contribution is 8.00. The van der Waals surface area contributed by atoms with E-state index in [-0.39, 0.29) is 30.4 Å². The van der Waals surface area contributed by atoms with E-state index in [1.807, 2.05) is 17.5 Å². The number of carbonyl (C=O) groups is 4. The molecule has 1 fully saturated rings. The molecule has 0 bridgehead atoms. The summed E-state index contributed by atoms with van der Waals surface area (Å²) in [7, 11) is 1.30. The standard InChI is InChI=1S/C17H18N2O7S2/c1-9(20)26-7-10-8-28-16-14(15(22)18(16)13(10)17(23)24)19(25-2)12(21)6-11-4-3-5-27-11/h3-5,14,16H,6-8H2,1-2H3,(H,23,24)/t14?,16-/m1/s1. The Labute approximate surface area is 168 Å². The van der Waals surface area contributed by atoms with Gasteiger partial charge >= 0.3 is 11.9 Å². The number of hydroxylamine groups is 2. The van der Waals surface area contributed by atoms with Gasteiger partial charge in [0.2, 0.25) is 0 Å². The quantitative estimate of drug-likeness (QED) is 0.388. The van der Waals surface area contributed by atoms with Gasteiger partial charge in [-0.15, -0.1) is 23.1 Å². The van der Waals surface area contributed by atoms with Gasteiger partial charge in [-0.25, -0.2) is 9.86 Å². The second-order valence-corrected chi connectivity index (χ2v) is 8.19. The molecule has 0 spiro atoms. The summed E-state index contributed by atoms with van der Waals surface area (Å²) < 4.78 is 4.90. The lowest BCUT2D eigenvalue weighted by atomic mass is 10.0. The van der Waals surface area contributed by atoms with Crippen molar-refractivity contribution in [2.24, 2.45) is 0 Å². The van der Waals surface area contributed by atoms with Gasteiger partial charge in [-0.1, -0.05) is 6.07 Å². The van der Waals surface area contributed by atoms with Crippen molar-refractivity contribution in [1.82, 2.24) is 9.96 Å². The summed E-state index contributed by atoms with van der Waals surface area (Å²) in [5.41, 5.74) is 0.137. The van der Waals surface area contributed by atoms with Crippen molar-refractivity contribution < 1.29 is 33.9 Å². The molecular formula is C17H18N2O7S2. The largest absolute Gasteiger partial charge is 0.477 e. The second kappa shape index (κ2) is 8.33. The zero-order chi connectivity index (χ0) is 20.4. The van der Waals surface area contributed by atoms with Crippen LogP contribution in [0.15, 0.2) is 28.8 Å². The smallest absolute Gasteiger partial charge is 0.352 e. The van der Waals surface area contributed by atoms with Crippen LogP contribution in [-0.4, -0.2) is 69.7 Å². The fraction of sp³-hybridized carbons (Fsp3) is 0.412. The van der Waals surface area contributed by atoms with Gasteiger partial charge in [0.1, 0.15) is 17.7 Å². The predicted molar refractivity (Wildman–Crippen MR) is 100 cm³/mol. The maximum absolute atomic E-state index is 12.7. The number of carboxylic acid groups (broad SMARTS) is 1. The second-order valence-electron chi connectivity index (χ2n) is 6.05. The molecule has 2 aliphatic rings. The summed E-state index contributed by atoms with van der Waals surface area (Å²) >= 11 is 2.72. The summed E-state index contributed by atoms with van der Waals surface area (Å²) in [5.74, 6) is -2.49. The van der Waals surface area contributed by atoms with Crippen molar-refractivity contribution in [3.8, 4) is 0 Å². The van der Waals surface area contributed by atoms with Gasteiger partial charge in [0.15, 0.2) is 6.04 Å². The molecule has 0 aromatic carbocycles. The van der Waals surface area contributed by atoms with E-state index in [4.69, 9.17) is 9.57 Å². The molecule has 1 aromatic heterocycles. The lowest BCUT2D eigenvalue weighted by molar-refractivity contribution is -0.208. The maximum atomic E-state index is 12.7. The number of thioether (sulfide) groups is 1. The molecule has 1 unspecified atom stereocenters. The minimum atomic E-state index is -1.28. The van der Waals surface area contributed by atoms with E-state index < -0.39 is 29.3 Å². The zero-order valence-corrected chi connectivity index (χ0v) is 16.7. The molecule has 1 saturated heterocycles. The number of hydrogen-bond donors (Lipinski definition) is 1. The SMILES string of the molecule is CON(C(=O)Cc1cccs1)C1C(=O)N2C(C(=O)O)=C(COC(C)=O)CS[C@H]12. The van der Waals surface area contributed by atoms with Crippen LogP contribution in [0.2, 0.25) is 0 Å². The molecule has 2 atom stereocenters. The lowest BCUT2D eigenvalue weighted by Gasteiger charge is -2.51. The Morgan fingerprint density at radius 3 is 2.71 bits per heavy atom. The molecule has 2 amide bonds. The van der Waals surface area contributed by atoms with E-state index in [9.17, 15) is 24.3 Å². The van der Waals surface area contributed by atoms with Crippen LogP contribution in [0.1, 0.15) is 11.8 Å². The average Bonchev–Trinajstić information content (AvgIpc) is 3.15. The lowest BCUT2D eigenvalue weighted by Crippen LogP contribution is -2.71. The molecule has 3 heterocycles. The topological polar surface area (TPSA) is 113 Å². The van der Waals surface area contributed by atoms with Gasteiger partial charge in [-0.3, -0.25) is 24.1 Å². The molecule has 1 N–H and O–H groups in total. The van der Waals surface area contributed by atoms with Crippen molar-refractivity contribution in [2.45, 2.75) is 24.8 Å². The van der Waals surface area contributed by atoms with E-state index in [2.05, 4.69) is 0 Å². The molecule has 0 aliphatic carbocycles. The number of aliphatic carboxylic acids is 1. The Bertz CT molecular complexity index is 837. The minimum Gasteiger partial charge on any atom is -0.477 e. The summed E-state index contributed by atoms with van der Waals surface area (Å²) in [6, 6.07) is 2.73. The number of thiophene rings is 1. The predicted octanol–water partition coefficient (Wildman–Crippen LogP) is 0.866. The van der Waals surface area contributed by atoms with E-state index in [1.165, 1.54) is 37.1 Å². The van der Waals surface area contributed by atoms with Crippen LogP contribution >= 0.6 is 23.1 Å². The molecule has 28 heavy (non-hydrogen) atoms. The monoisotopic (exact) mass is 426 g/mol. The Morgan fingerprint density at radius 1 is 1.39 bits per heavy atom. The number of ether oxygens (including phenoxy) is 1. The number of carbonyl (C=O) groups excluding carboxylic acids is 3. The van der Waals surface area contributed by atoms with Crippen molar-refractivity contribution >= 4 is 46.9 Å². The van der Waals surface area contributed by atoms with Crippen LogP contribution in [0.5, 0.6) is 0 Å². The molecule has 0 saturated carbocycles. The zero-order valence-electron chi connectivity index (χ0n) is 15.1.